The van der Waals surface area contributed by atoms with Crippen molar-refractivity contribution in [2.24, 2.45) is 0 Å². The summed E-state index contributed by atoms with van der Waals surface area (Å²) < 4.78 is 29.2. The molecule has 0 radical (unpaired) electrons. The van der Waals surface area contributed by atoms with Crippen LogP contribution in [0.2, 0.25) is 0 Å². The third-order valence-electron chi connectivity index (χ3n) is 1.16. The molecule has 0 atom stereocenters. The molecule has 0 fully saturated rings. The molecule has 0 saturated heterocycles. The van der Waals surface area contributed by atoms with Crippen molar-refractivity contribution in [1.82, 2.24) is 0 Å². The summed E-state index contributed by atoms with van der Waals surface area (Å²) in [6.45, 7) is 0. The van der Waals surface area contributed by atoms with Crippen LogP contribution in [0.5, 0.6) is 0 Å². The van der Waals surface area contributed by atoms with Crippen molar-refractivity contribution in [2.75, 3.05) is 0 Å². The molecule has 1 aromatic carbocycles. The average molecular weight is 328 g/mol. The van der Waals surface area contributed by atoms with Crippen LogP contribution in [0.3, 0.4) is 0 Å². The number of benzene rings is 1. The van der Waals surface area contributed by atoms with Gasteiger partial charge in [0.2, 0.25) is 0 Å². The summed E-state index contributed by atoms with van der Waals surface area (Å²) in [5.74, 6) is 0. The fourth-order valence-electron chi connectivity index (χ4n) is 0.635. The molecular formula is C6H6BrO3Sb. The van der Waals surface area contributed by atoms with Gasteiger partial charge >= 0.3 is 77.6 Å². The molecule has 0 aliphatic rings. The summed E-state index contributed by atoms with van der Waals surface area (Å²) in [5.41, 5.74) is 0. The first kappa shape index (κ1) is 9.33. The third-order valence-corrected chi connectivity index (χ3v) is 4.46. The van der Waals surface area contributed by atoms with Gasteiger partial charge in [0.05, 0.1) is 0 Å². The Bertz CT molecular complexity index is 289. The summed E-state index contributed by atoms with van der Waals surface area (Å²) in [6.07, 6.45) is 0. The predicted molar refractivity (Wildman–Crippen MR) is 44.7 cm³/mol. The van der Waals surface area contributed by atoms with Gasteiger partial charge in [-0.15, -0.1) is 0 Å². The molecule has 0 bridgehead atoms. The van der Waals surface area contributed by atoms with E-state index in [-0.39, 0.29) is 3.51 Å². The van der Waals surface area contributed by atoms with E-state index in [0.717, 1.165) is 4.47 Å². The molecule has 1 aromatic rings. The predicted octanol–water partition coefficient (Wildman–Crippen LogP) is 0.0101. The maximum atomic E-state index is 10.7. The van der Waals surface area contributed by atoms with E-state index < -0.39 is 19.6 Å². The summed E-state index contributed by atoms with van der Waals surface area (Å²) in [5, 5.41) is 0. The van der Waals surface area contributed by atoms with E-state index in [4.69, 9.17) is 6.77 Å². The van der Waals surface area contributed by atoms with Gasteiger partial charge in [0, 0.05) is 0 Å². The van der Waals surface area contributed by atoms with Crippen LogP contribution in [-0.4, -0.2) is 26.4 Å². The second-order valence-corrected chi connectivity index (χ2v) is 7.52. The van der Waals surface area contributed by atoms with E-state index in [1.165, 1.54) is 12.1 Å². The Morgan fingerprint density at radius 3 is 2.00 bits per heavy atom. The van der Waals surface area contributed by atoms with E-state index in [9.17, 15) is 3.02 Å². The molecule has 2 N–H and O–H groups in total. The fraction of sp³-hybridized carbons (Fsp3) is 0. The zero-order valence-electron chi connectivity index (χ0n) is 5.44. The van der Waals surface area contributed by atoms with Crippen molar-refractivity contribution < 1.29 is 9.79 Å². The Labute approximate surface area is 77.3 Å². The molecule has 60 valence electrons. The van der Waals surface area contributed by atoms with Gasteiger partial charge in [-0.05, 0) is 0 Å². The van der Waals surface area contributed by atoms with E-state index in [1.807, 2.05) is 0 Å². The molecule has 0 unspecified atom stereocenters. The monoisotopic (exact) mass is 326 g/mol. The zero-order chi connectivity index (χ0) is 8.48. The molecule has 3 nitrogen and oxygen atoms in total. The van der Waals surface area contributed by atoms with Gasteiger partial charge in [-0.2, -0.15) is 0 Å². The number of rotatable bonds is 1. The van der Waals surface area contributed by atoms with Crippen LogP contribution in [0.15, 0.2) is 28.7 Å². The second kappa shape index (κ2) is 3.31. The SMILES string of the molecule is [O]=[Sb]([OH])([OH])[c]1ccc(Br)cc1. The van der Waals surface area contributed by atoms with Crippen LogP contribution < -0.4 is 3.51 Å². The quantitative estimate of drug-likeness (QED) is 0.715. The Kier molecular flexibility index (Phi) is 2.81. The first-order valence-corrected chi connectivity index (χ1v) is 8.21. The minimum absolute atomic E-state index is 0.131. The summed E-state index contributed by atoms with van der Waals surface area (Å²) in [6, 6.07) is 6.09. The van der Waals surface area contributed by atoms with Gasteiger partial charge in [-0.25, -0.2) is 0 Å². The Morgan fingerprint density at radius 2 is 1.64 bits per heavy atom. The molecule has 5 heteroatoms. The fourth-order valence-corrected chi connectivity index (χ4v) is 2.43. The van der Waals surface area contributed by atoms with Gasteiger partial charge in [0.25, 0.3) is 0 Å². The molecule has 1 rings (SSSR count). The standard InChI is InChI=1S/C6H4Br.2H2O.O.Sb/c7-6-4-2-1-3-5-6;;;;/h2-5H;2*1H2;;/q;;;;+2/p-2. The molecule has 0 amide bonds. The molecule has 11 heavy (non-hydrogen) atoms. The summed E-state index contributed by atoms with van der Waals surface area (Å²) in [7, 11) is 0. The van der Waals surface area contributed by atoms with E-state index in [1.54, 1.807) is 12.1 Å². The molecule has 0 heterocycles. The molecule has 0 aromatic heterocycles. The normalized spacial score (nSPS) is 11.5. The molecule has 0 saturated carbocycles. The van der Waals surface area contributed by atoms with Crippen LogP contribution in [0.1, 0.15) is 0 Å². The average Bonchev–Trinajstić information content (AvgIpc) is 1.86. The van der Waals surface area contributed by atoms with Gasteiger partial charge < -0.3 is 0 Å². The Morgan fingerprint density at radius 1 is 1.18 bits per heavy atom. The minimum atomic E-state index is -4.92. The van der Waals surface area contributed by atoms with E-state index in [2.05, 4.69) is 15.9 Å². The van der Waals surface area contributed by atoms with Crippen molar-refractivity contribution in [3.05, 3.63) is 28.7 Å². The number of halogens is 1. The van der Waals surface area contributed by atoms with E-state index in [0.29, 0.717) is 0 Å². The maximum absolute atomic E-state index is 10.7. The first-order chi connectivity index (χ1) is 5.00. The summed E-state index contributed by atoms with van der Waals surface area (Å²) >= 11 is -1.75. The van der Waals surface area contributed by atoms with Gasteiger partial charge in [0.15, 0.2) is 0 Å². The molecule has 0 aliphatic heterocycles. The molecule has 0 aliphatic carbocycles. The summed E-state index contributed by atoms with van der Waals surface area (Å²) in [4.78, 5) is 0. The van der Waals surface area contributed by atoms with Crippen LogP contribution in [-0.2, 0) is 3.02 Å². The van der Waals surface area contributed by atoms with Crippen molar-refractivity contribution in [3.63, 3.8) is 0 Å². The topological polar surface area (TPSA) is 57.5 Å². The molecular weight excluding hydrogens is 322 g/mol. The van der Waals surface area contributed by atoms with Crippen LogP contribution in [0.25, 0.3) is 0 Å². The van der Waals surface area contributed by atoms with Crippen LogP contribution in [0.4, 0.5) is 0 Å². The third kappa shape index (κ3) is 2.64. The first-order valence-electron chi connectivity index (χ1n) is 2.82. The van der Waals surface area contributed by atoms with Gasteiger partial charge in [-0.1, -0.05) is 0 Å². The number of hydrogen-bond acceptors (Lipinski definition) is 1. The zero-order valence-corrected chi connectivity index (χ0v) is 9.58. The number of hydrogen-bond donors (Lipinski definition) is 2. The van der Waals surface area contributed by atoms with Crippen molar-refractivity contribution in [3.8, 4) is 0 Å². The van der Waals surface area contributed by atoms with Crippen molar-refractivity contribution >= 4 is 39.1 Å². The Balaban J connectivity index is 3.09. The van der Waals surface area contributed by atoms with Crippen LogP contribution in [0, 0.1) is 0 Å². The van der Waals surface area contributed by atoms with Gasteiger partial charge in [-0.3, -0.25) is 0 Å². The van der Waals surface area contributed by atoms with E-state index >= 15 is 0 Å². The van der Waals surface area contributed by atoms with Crippen LogP contribution >= 0.6 is 15.9 Å². The second-order valence-electron chi connectivity index (χ2n) is 2.02. The Hall–Kier alpha value is 0.238. The van der Waals surface area contributed by atoms with Gasteiger partial charge in [0.1, 0.15) is 0 Å². The van der Waals surface area contributed by atoms with Crippen molar-refractivity contribution in [1.29, 1.82) is 0 Å². The van der Waals surface area contributed by atoms with Crippen molar-refractivity contribution in [2.45, 2.75) is 0 Å². The molecule has 0 spiro atoms.